The molecule has 3 rings (SSSR count). The van der Waals surface area contributed by atoms with Crippen LogP contribution < -0.4 is 10.1 Å². The Morgan fingerprint density at radius 3 is 2.70 bits per heavy atom. The van der Waals surface area contributed by atoms with E-state index in [0.717, 1.165) is 24.1 Å². The largest absolute Gasteiger partial charge is 0.485 e. The molecule has 3 nitrogen and oxygen atoms in total. The van der Waals surface area contributed by atoms with Gasteiger partial charge in [0.05, 0.1) is 16.3 Å². The SMILES string of the molecule is CNCCC(Oc1ccc(C)c2sncc12)c1ccccc1.Cl. The van der Waals surface area contributed by atoms with E-state index in [1.165, 1.54) is 27.4 Å². The van der Waals surface area contributed by atoms with Crippen LogP contribution in [0, 0.1) is 6.92 Å². The monoisotopic (exact) mass is 348 g/mol. The fourth-order valence-electron chi connectivity index (χ4n) is 2.56. The van der Waals surface area contributed by atoms with Crippen LogP contribution in [0.2, 0.25) is 0 Å². The third-order valence-electron chi connectivity index (χ3n) is 3.78. The molecule has 122 valence electrons. The van der Waals surface area contributed by atoms with Crippen LogP contribution in [0.5, 0.6) is 5.75 Å². The zero-order valence-electron chi connectivity index (χ0n) is 13.3. The molecule has 1 unspecified atom stereocenters. The van der Waals surface area contributed by atoms with E-state index >= 15 is 0 Å². The molecule has 1 atom stereocenters. The van der Waals surface area contributed by atoms with E-state index in [2.05, 4.69) is 53.0 Å². The lowest BCUT2D eigenvalue weighted by atomic mass is 10.1. The van der Waals surface area contributed by atoms with Gasteiger partial charge in [0.1, 0.15) is 11.9 Å². The van der Waals surface area contributed by atoms with Gasteiger partial charge in [0.15, 0.2) is 0 Å². The predicted octanol–water partition coefficient (Wildman–Crippen LogP) is 4.76. The molecule has 2 aromatic carbocycles. The Morgan fingerprint density at radius 1 is 1.17 bits per heavy atom. The van der Waals surface area contributed by atoms with Gasteiger partial charge in [-0.2, -0.15) is 4.37 Å². The second-order valence-corrected chi connectivity index (χ2v) is 6.16. The number of hydrogen-bond donors (Lipinski definition) is 1. The van der Waals surface area contributed by atoms with E-state index in [9.17, 15) is 0 Å². The molecule has 23 heavy (non-hydrogen) atoms. The molecule has 0 saturated carbocycles. The van der Waals surface area contributed by atoms with Crippen molar-refractivity contribution in [3.63, 3.8) is 0 Å². The van der Waals surface area contributed by atoms with Crippen molar-refractivity contribution in [1.29, 1.82) is 0 Å². The zero-order chi connectivity index (χ0) is 15.4. The number of fused-ring (bicyclic) bond motifs is 1. The summed E-state index contributed by atoms with van der Waals surface area (Å²) < 4.78 is 11.9. The normalized spacial score (nSPS) is 11.9. The van der Waals surface area contributed by atoms with Crippen molar-refractivity contribution >= 4 is 34.0 Å². The lowest BCUT2D eigenvalue weighted by Crippen LogP contribution is -2.16. The van der Waals surface area contributed by atoms with Crippen LogP contribution >= 0.6 is 23.9 Å². The first kappa shape index (κ1) is 17.7. The Morgan fingerprint density at radius 2 is 1.96 bits per heavy atom. The number of aromatic nitrogens is 1. The molecule has 0 fully saturated rings. The lowest BCUT2D eigenvalue weighted by Gasteiger charge is -2.20. The molecular formula is C18H21ClN2OS. The number of aryl methyl sites for hydroxylation is 1. The van der Waals surface area contributed by atoms with Gasteiger partial charge in [-0.15, -0.1) is 12.4 Å². The fraction of sp³-hybridized carbons (Fsp3) is 0.278. The van der Waals surface area contributed by atoms with Gasteiger partial charge in [0.2, 0.25) is 0 Å². The average Bonchev–Trinajstić information content (AvgIpc) is 3.05. The maximum Gasteiger partial charge on any atom is 0.130 e. The van der Waals surface area contributed by atoms with Crippen LogP contribution in [0.4, 0.5) is 0 Å². The lowest BCUT2D eigenvalue weighted by molar-refractivity contribution is 0.197. The van der Waals surface area contributed by atoms with Gasteiger partial charge < -0.3 is 10.1 Å². The summed E-state index contributed by atoms with van der Waals surface area (Å²) in [6.07, 6.45) is 2.87. The van der Waals surface area contributed by atoms with Crippen molar-refractivity contribution in [2.45, 2.75) is 19.4 Å². The van der Waals surface area contributed by atoms with Gasteiger partial charge >= 0.3 is 0 Å². The predicted molar refractivity (Wildman–Crippen MR) is 100.0 cm³/mol. The van der Waals surface area contributed by atoms with Crippen LogP contribution in [0.25, 0.3) is 10.1 Å². The van der Waals surface area contributed by atoms with Gasteiger partial charge in [0, 0.05) is 6.42 Å². The molecule has 0 radical (unpaired) electrons. The Kier molecular flexibility index (Phi) is 6.39. The number of ether oxygens (including phenoxy) is 1. The highest BCUT2D eigenvalue weighted by molar-refractivity contribution is 7.13. The average molecular weight is 349 g/mol. The van der Waals surface area contributed by atoms with Gasteiger partial charge in [-0.25, -0.2) is 0 Å². The van der Waals surface area contributed by atoms with Crippen LogP contribution in [0.15, 0.2) is 48.7 Å². The molecule has 0 aliphatic rings. The van der Waals surface area contributed by atoms with Gasteiger partial charge in [-0.3, -0.25) is 0 Å². The summed E-state index contributed by atoms with van der Waals surface area (Å²) in [5, 5.41) is 4.31. The van der Waals surface area contributed by atoms with E-state index in [1.54, 1.807) is 0 Å². The van der Waals surface area contributed by atoms with E-state index in [4.69, 9.17) is 4.74 Å². The minimum Gasteiger partial charge on any atom is -0.485 e. The van der Waals surface area contributed by atoms with Crippen molar-refractivity contribution < 1.29 is 4.74 Å². The smallest absolute Gasteiger partial charge is 0.130 e. The second-order valence-electron chi connectivity index (χ2n) is 5.36. The molecule has 3 aromatic rings. The number of nitrogens with zero attached hydrogens (tertiary/aromatic N) is 1. The third-order valence-corrected chi connectivity index (χ3v) is 4.71. The molecule has 0 saturated heterocycles. The maximum atomic E-state index is 6.36. The summed E-state index contributed by atoms with van der Waals surface area (Å²) in [5.74, 6) is 0.916. The van der Waals surface area contributed by atoms with E-state index in [1.807, 2.05) is 19.3 Å². The quantitative estimate of drug-likeness (QED) is 0.697. The first-order valence-electron chi connectivity index (χ1n) is 7.50. The first-order valence-corrected chi connectivity index (χ1v) is 8.27. The molecule has 0 aliphatic carbocycles. The minimum absolute atomic E-state index is 0. The Bertz CT molecular complexity index is 745. The van der Waals surface area contributed by atoms with Crippen LogP contribution in [0.1, 0.15) is 23.7 Å². The van der Waals surface area contributed by atoms with Gasteiger partial charge in [0.25, 0.3) is 0 Å². The number of benzene rings is 2. The van der Waals surface area contributed by atoms with Crippen molar-refractivity contribution in [2.75, 3.05) is 13.6 Å². The van der Waals surface area contributed by atoms with E-state index in [-0.39, 0.29) is 18.5 Å². The highest BCUT2D eigenvalue weighted by Gasteiger charge is 2.15. The minimum atomic E-state index is 0. The summed E-state index contributed by atoms with van der Waals surface area (Å²) in [4.78, 5) is 0. The summed E-state index contributed by atoms with van der Waals surface area (Å²) in [6, 6.07) is 14.6. The molecule has 5 heteroatoms. The van der Waals surface area contributed by atoms with Crippen molar-refractivity contribution in [1.82, 2.24) is 9.69 Å². The number of nitrogens with one attached hydrogen (secondary N) is 1. The molecule has 1 heterocycles. The van der Waals surface area contributed by atoms with Gasteiger partial charge in [-0.05, 0) is 49.2 Å². The fourth-order valence-corrected chi connectivity index (χ4v) is 3.29. The third kappa shape index (κ3) is 4.02. The van der Waals surface area contributed by atoms with Crippen molar-refractivity contribution in [3.05, 3.63) is 59.8 Å². The number of halogens is 1. The van der Waals surface area contributed by atoms with E-state index < -0.39 is 0 Å². The summed E-state index contributed by atoms with van der Waals surface area (Å²) in [5.41, 5.74) is 2.45. The number of hydrogen-bond acceptors (Lipinski definition) is 4. The molecule has 0 spiro atoms. The highest BCUT2D eigenvalue weighted by atomic mass is 35.5. The first-order chi connectivity index (χ1) is 10.8. The van der Waals surface area contributed by atoms with E-state index in [0.29, 0.717) is 0 Å². The second kappa shape index (κ2) is 8.29. The van der Waals surface area contributed by atoms with Crippen molar-refractivity contribution in [2.24, 2.45) is 0 Å². The Hall–Kier alpha value is -1.62. The molecule has 1 N–H and O–H groups in total. The van der Waals surface area contributed by atoms with Crippen molar-refractivity contribution in [3.8, 4) is 5.75 Å². The highest BCUT2D eigenvalue weighted by Crippen LogP contribution is 2.34. The van der Waals surface area contributed by atoms with Crippen LogP contribution in [-0.2, 0) is 0 Å². The van der Waals surface area contributed by atoms with Crippen LogP contribution in [0.3, 0.4) is 0 Å². The molecule has 1 aromatic heterocycles. The molecular weight excluding hydrogens is 328 g/mol. The Labute approximate surface area is 147 Å². The molecule has 0 bridgehead atoms. The number of rotatable bonds is 6. The molecule has 0 amide bonds. The maximum absolute atomic E-state index is 6.36. The standard InChI is InChI=1S/C18H20N2OS.ClH/c1-13-8-9-17(15-12-20-22-18(13)15)21-16(10-11-19-2)14-6-4-3-5-7-14;/h3-9,12,16,19H,10-11H2,1-2H3;1H. The zero-order valence-corrected chi connectivity index (χ0v) is 14.9. The topological polar surface area (TPSA) is 34.1 Å². The summed E-state index contributed by atoms with van der Waals surface area (Å²) >= 11 is 1.53. The Balaban J connectivity index is 0.00000192. The molecule has 0 aliphatic heterocycles. The summed E-state index contributed by atoms with van der Waals surface area (Å²) in [6.45, 7) is 3.02. The van der Waals surface area contributed by atoms with Crippen LogP contribution in [-0.4, -0.2) is 18.0 Å². The summed E-state index contributed by atoms with van der Waals surface area (Å²) in [7, 11) is 1.97. The van der Waals surface area contributed by atoms with Gasteiger partial charge in [-0.1, -0.05) is 36.4 Å².